The molecule has 0 saturated heterocycles. The Morgan fingerprint density at radius 1 is 0.976 bits per heavy atom. The molecule has 0 spiro atoms. The summed E-state index contributed by atoms with van der Waals surface area (Å²) in [5.74, 6) is 0.211. The van der Waals surface area contributed by atoms with E-state index in [4.69, 9.17) is 14.5 Å². The number of benzene rings is 3. The van der Waals surface area contributed by atoms with E-state index in [0.29, 0.717) is 33.0 Å². The summed E-state index contributed by atoms with van der Waals surface area (Å²) in [6.07, 6.45) is 1.95. The number of hydrogen-bond donors (Lipinski definition) is 0. The number of carbonyl (C=O) groups excluding carboxylic acids is 1. The topological polar surface area (TPSA) is 74.8 Å². The molecule has 7 nitrogen and oxygen atoms in total. The van der Waals surface area contributed by atoms with Crippen LogP contribution in [0.1, 0.15) is 42.3 Å². The van der Waals surface area contributed by atoms with Gasteiger partial charge in [-0.2, -0.15) is 0 Å². The highest BCUT2D eigenvalue weighted by molar-refractivity contribution is 7.07. The molecule has 0 radical (unpaired) electrons. The molecule has 0 amide bonds. The molecule has 0 saturated carbocycles. The first-order chi connectivity index (χ1) is 20.4. The Morgan fingerprint density at radius 3 is 2.40 bits per heavy atom. The van der Waals surface area contributed by atoms with E-state index in [1.807, 2.05) is 86.8 Å². The molecule has 1 aliphatic heterocycles. The number of para-hydroxylation sites is 1. The van der Waals surface area contributed by atoms with E-state index in [1.54, 1.807) is 11.5 Å². The van der Waals surface area contributed by atoms with Gasteiger partial charge >= 0.3 is 5.97 Å². The van der Waals surface area contributed by atoms with Gasteiger partial charge in [-0.15, -0.1) is 0 Å². The zero-order chi connectivity index (χ0) is 29.4. The highest BCUT2D eigenvalue weighted by atomic mass is 32.1. The number of carbonyl (C=O) groups is 1. The minimum absolute atomic E-state index is 0.200. The lowest BCUT2D eigenvalue weighted by Gasteiger charge is -2.26. The summed E-state index contributed by atoms with van der Waals surface area (Å²) in [4.78, 5) is 33.4. The van der Waals surface area contributed by atoms with Crippen molar-refractivity contribution in [2.24, 2.45) is 12.0 Å². The number of hydrogen-bond acceptors (Lipinski definition) is 6. The van der Waals surface area contributed by atoms with Gasteiger partial charge in [0.15, 0.2) is 4.80 Å². The molecule has 0 aliphatic carbocycles. The van der Waals surface area contributed by atoms with Crippen LogP contribution in [0.5, 0.6) is 5.75 Å². The second-order valence-corrected chi connectivity index (χ2v) is 11.0. The van der Waals surface area contributed by atoms with Crippen LogP contribution in [0, 0.1) is 6.92 Å². The lowest BCUT2D eigenvalue weighted by molar-refractivity contribution is -0.138. The number of fused-ring (bicyclic) bond motifs is 2. The van der Waals surface area contributed by atoms with Crippen molar-refractivity contribution in [2.75, 3.05) is 13.2 Å². The van der Waals surface area contributed by atoms with Crippen LogP contribution in [-0.4, -0.2) is 28.3 Å². The average Bonchev–Trinajstić information content (AvgIpc) is 3.45. The minimum Gasteiger partial charge on any atom is -0.494 e. The Morgan fingerprint density at radius 2 is 1.69 bits per heavy atom. The number of rotatable bonds is 7. The van der Waals surface area contributed by atoms with Crippen molar-refractivity contribution in [2.45, 2.75) is 26.8 Å². The van der Waals surface area contributed by atoms with Gasteiger partial charge in [-0.1, -0.05) is 72.0 Å². The molecule has 42 heavy (non-hydrogen) atoms. The molecule has 0 fully saturated rings. The third kappa shape index (κ3) is 4.67. The van der Waals surface area contributed by atoms with Crippen molar-refractivity contribution in [3.63, 3.8) is 0 Å². The largest absolute Gasteiger partial charge is 0.494 e. The quantitative estimate of drug-likeness (QED) is 0.251. The Balaban J connectivity index is 1.65. The first kappa shape index (κ1) is 27.5. The lowest BCUT2D eigenvalue weighted by Crippen LogP contribution is -2.40. The van der Waals surface area contributed by atoms with E-state index in [9.17, 15) is 9.59 Å². The molecule has 1 unspecified atom stereocenters. The number of aromatic nitrogens is 2. The second kappa shape index (κ2) is 11.3. The fraction of sp³-hybridized carbons (Fsp3) is 0.206. The van der Waals surface area contributed by atoms with Crippen molar-refractivity contribution < 1.29 is 14.3 Å². The molecule has 5 aromatic rings. The van der Waals surface area contributed by atoms with Gasteiger partial charge in [0.25, 0.3) is 5.56 Å². The van der Waals surface area contributed by atoms with Gasteiger partial charge in [0.2, 0.25) is 0 Å². The summed E-state index contributed by atoms with van der Waals surface area (Å²) in [5, 5.41) is 1.07. The van der Waals surface area contributed by atoms with Crippen LogP contribution in [0.15, 0.2) is 94.2 Å². The Bertz CT molecular complexity index is 2020. The molecule has 2 aromatic heterocycles. The molecule has 1 atom stereocenters. The maximum absolute atomic E-state index is 14.3. The van der Waals surface area contributed by atoms with E-state index in [-0.39, 0.29) is 12.2 Å². The highest BCUT2D eigenvalue weighted by Gasteiger charge is 2.35. The standard InChI is InChI=1S/C34H31N3O4S/c1-5-40-24-18-16-23(17-19-24)31-29(33(39)41-6-2)30(22-12-8-7-9-13-22)35-34-37(31)32(38)28(42-34)20-26-21(3)36(4)27-15-11-10-14-25(26)27/h7-20,31H,5-6H2,1-4H3/b28-20-. The maximum Gasteiger partial charge on any atom is 0.338 e. The maximum atomic E-state index is 14.3. The van der Waals surface area contributed by atoms with Crippen molar-refractivity contribution >= 4 is 40.0 Å². The number of esters is 1. The molecule has 0 bridgehead atoms. The van der Waals surface area contributed by atoms with E-state index >= 15 is 0 Å². The first-order valence-electron chi connectivity index (χ1n) is 14.0. The van der Waals surface area contributed by atoms with Gasteiger partial charge in [-0.25, -0.2) is 9.79 Å². The summed E-state index contributed by atoms with van der Waals surface area (Å²) >= 11 is 1.33. The minimum atomic E-state index is -0.734. The van der Waals surface area contributed by atoms with E-state index in [0.717, 1.165) is 33.3 Å². The number of thiazole rings is 1. The Kier molecular flexibility index (Phi) is 7.39. The van der Waals surface area contributed by atoms with Crippen LogP contribution in [0.4, 0.5) is 0 Å². The zero-order valence-electron chi connectivity index (χ0n) is 24.0. The monoisotopic (exact) mass is 577 g/mol. The fourth-order valence-corrected chi connectivity index (χ4v) is 6.51. The number of nitrogens with zero attached hydrogens (tertiary/aromatic N) is 3. The van der Waals surface area contributed by atoms with Crippen molar-refractivity contribution in [1.29, 1.82) is 0 Å². The lowest BCUT2D eigenvalue weighted by atomic mass is 9.93. The number of aryl methyl sites for hydroxylation is 1. The molecule has 6 rings (SSSR count). The Hall–Kier alpha value is -4.69. The molecular weight excluding hydrogens is 546 g/mol. The van der Waals surface area contributed by atoms with Crippen molar-refractivity contribution in [3.05, 3.63) is 127 Å². The van der Waals surface area contributed by atoms with Crippen molar-refractivity contribution in [3.8, 4) is 5.75 Å². The molecule has 1 aliphatic rings. The van der Waals surface area contributed by atoms with Gasteiger partial charge in [-0.3, -0.25) is 9.36 Å². The average molecular weight is 578 g/mol. The van der Waals surface area contributed by atoms with Crippen LogP contribution in [-0.2, 0) is 16.6 Å². The highest BCUT2D eigenvalue weighted by Crippen LogP contribution is 2.36. The molecule has 3 heterocycles. The SMILES string of the molecule is CCOC(=O)C1=C(c2ccccc2)N=c2s/c(=C\c3c(C)n(C)c4ccccc34)c(=O)n2C1c1ccc(OCC)cc1. The molecule has 0 N–H and O–H groups in total. The van der Waals surface area contributed by atoms with Crippen LogP contribution >= 0.6 is 11.3 Å². The smallest absolute Gasteiger partial charge is 0.338 e. The third-order valence-electron chi connectivity index (χ3n) is 7.60. The first-order valence-corrected chi connectivity index (χ1v) is 14.8. The predicted molar refractivity (Wildman–Crippen MR) is 166 cm³/mol. The van der Waals surface area contributed by atoms with Crippen LogP contribution in [0.3, 0.4) is 0 Å². The van der Waals surface area contributed by atoms with E-state index < -0.39 is 12.0 Å². The van der Waals surface area contributed by atoms with Gasteiger partial charge in [0, 0.05) is 34.8 Å². The molecule has 3 aromatic carbocycles. The molecular formula is C34H31N3O4S. The summed E-state index contributed by atoms with van der Waals surface area (Å²) in [6.45, 7) is 6.49. The van der Waals surface area contributed by atoms with Gasteiger partial charge < -0.3 is 14.0 Å². The van der Waals surface area contributed by atoms with Crippen LogP contribution < -0.4 is 19.6 Å². The summed E-state index contributed by atoms with van der Waals surface area (Å²) < 4.78 is 15.5. The predicted octanol–water partition coefficient (Wildman–Crippen LogP) is 5.13. The zero-order valence-corrected chi connectivity index (χ0v) is 24.8. The van der Waals surface area contributed by atoms with Crippen LogP contribution in [0.25, 0.3) is 22.7 Å². The normalized spacial score (nSPS) is 15.0. The van der Waals surface area contributed by atoms with Gasteiger partial charge in [-0.05, 0) is 50.6 Å². The van der Waals surface area contributed by atoms with E-state index in [2.05, 4.69) is 23.6 Å². The van der Waals surface area contributed by atoms with Crippen molar-refractivity contribution in [1.82, 2.24) is 9.13 Å². The fourth-order valence-electron chi connectivity index (χ4n) is 5.53. The molecule has 8 heteroatoms. The third-order valence-corrected chi connectivity index (χ3v) is 8.59. The molecule has 212 valence electrons. The second-order valence-electron chi connectivity index (χ2n) is 10.0. The van der Waals surface area contributed by atoms with E-state index in [1.165, 1.54) is 11.3 Å². The summed E-state index contributed by atoms with van der Waals surface area (Å²) in [6, 6.07) is 24.5. The summed E-state index contributed by atoms with van der Waals surface area (Å²) in [7, 11) is 2.03. The number of ether oxygens (including phenoxy) is 2. The van der Waals surface area contributed by atoms with Gasteiger partial charge in [0.05, 0.1) is 35.1 Å². The summed E-state index contributed by atoms with van der Waals surface area (Å²) in [5.41, 5.74) is 5.30. The van der Waals surface area contributed by atoms with Gasteiger partial charge in [0.1, 0.15) is 5.75 Å². The van der Waals surface area contributed by atoms with Crippen LogP contribution in [0.2, 0.25) is 0 Å². The Labute approximate surface area is 247 Å².